The predicted molar refractivity (Wildman–Crippen MR) is 174 cm³/mol. The Hall–Kier alpha value is -4.65. The summed E-state index contributed by atoms with van der Waals surface area (Å²) >= 11 is 0. The lowest BCUT2D eigenvalue weighted by atomic mass is 9.94. The second kappa shape index (κ2) is 12.9. The maximum absolute atomic E-state index is 14.6. The minimum Gasteiger partial charge on any atom is -0.444 e. The third-order valence-electron chi connectivity index (χ3n) is 7.95. The number of rotatable bonds is 9. The van der Waals surface area contributed by atoms with Crippen molar-refractivity contribution in [3.05, 3.63) is 113 Å². The topological polar surface area (TPSA) is 87.7 Å². The molecule has 228 valence electrons. The zero-order valence-electron chi connectivity index (χ0n) is 26.1. The van der Waals surface area contributed by atoms with Crippen molar-refractivity contribution in [2.75, 3.05) is 5.32 Å². The number of aryl methyl sites for hydroxylation is 1. The second-order valence-electron chi connectivity index (χ2n) is 12.6. The van der Waals surface area contributed by atoms with Crippen LogP contribution < -0.4 is 10.6 Å². The molecule has 0 saturated heterocycles. The first-order valence-corrected chi connectivity index (χ1v) is 15.2. The molecule has 1 aliphatic carbocycles. The fourth-order valence-corrected chi connectivity index (χ4v) is 5.52. The minimum atomic E-state index is -0.936. The van der Waals surface area contributed by atoms with E-state index in [9.17, 15) is 14.4 Å². The Morgan fingerprint density at radius 2 is 1.55 bits per heavy atom. The number of fused-ring (bicyclic) bond motifs is 1. The van der Waals surface area contributed by atoms with Crippen molar-refractivity contribution in [3.63, 3.8) is 0 Å². The highest BCUT2D eigenvalue weighted by atomic mass is 16.6. The average molecular weight is 592 g/mol. The van der Waals surface area contributed by atoms with Crippen molar-refractivity contribution in [1.29, 1.82) is 0 Å². The first kappa shape index (κ1) is 30.8. The van der Waals surface area contributed by atoms with Crippen molar-refractivity contribution in [2.45, 2.75) is 77.6 Å². The van der Waals surface area contributed by atoms with Gasteiger partial charge in [0.15, 0.2) is 0 Å². The monoisotopic (exact) mass is 591 g/mol. The van der Waals surface area contributed by atoms with Gasteiger partial charge >= 0.3 is 6.09 Å². The second-order valence-corrected chi connectivity index (χ2v) is 12.6. The van der Waals surface area contributed by atoms with Gasteiger partial charge in [-0.1, -0.05) is 78.9 Å². The smallest absolute Gasteiger partial charge is 0.408 e. The molecule has 3 amide bonds. The number of alkyl carbamates (subject to hydrolysis) is 1. The molecule has 7 nitrogen and oxygen atoms in total. The third-order valence-corrected chi connectivity index (χ3v) is 7.95. The molecule has 1 saturated carbocycles. The molecule has 0 aromatic heterocycles. The van der Waals surface area contributed by atoms with E-state index in [4.69, 9.17) is 4.74 Å². The molecule has 2 unspecified atom stereocenters. The normalized spacial score (nSPS) is 14.4. The SMILES string of the molecule is Cc1cccc(C(C(=O)Nc2ccc3ccccc3c2)N(C(=O)C(Cc2ccccc2)NC(=O)OC(C)(C)C)C2CC2)c1C. The summed E-state index contributed by atoms with van der Waals surface area (Å²) in [5.41, 5.74) is 3.55. The number of nitrogens with zero attached hydrogens (tertiary/aromatic N) is 1. The number of hydrogen-bond acceptors (Lipinski definition) is 4. The van der Waals surface area contributed by atoms with E-state index in [0.717, 1.165) is 45.9 Å². The fourth-order valence-electron chi connectivity index (χ4n) is 5.52. The Morgan fingerprint density at radius 1 is 0.864 bits per heavy atom. The molecule has 4 aromatic carbocycles. The summed E-state index contributed by atoms with van der Waals surface area (Å²) in [7, 11) is 0. The molecule has 44 heavy (non-hydrogen) atoms. The van der Waals surface area contributed by atoms with E-state index < -0.39 is 23.8 Å². The van der Waals surface area contributed by atoms with Crippen LogP contribution in [-0.4, -0.2) is 40.5 Å². The summed E-state index contributed by atoms with van der Waals surface area (Å²) in [6.07, 6.45) is 1.14. The van der Waals surface area contributed by atoms with E-state index in [1.807, 2.05) is 105 Å². The number of carbonyl (C=O) groups is 3. The van der Waals surface area contributed by atoms with E-state index in [1.54, 1.807) is 25.7 Å². The van der Waals surface area contributed by atoms with Crippen LogP contribution >= 0.6 is 0 Å². The van der Waals surface area contributed by atoms with Crippen molar-refractivity contribution in [1.82, 2.24) is 10.2 Å². The molecule has 0 spiro atoms. The number of nitrogens with one attached hydrogen (secondary N) is 2. The van der Waals surface area contributed by atoms with Gasteiger partial charge in [0.2, 0.25) is 5.91 Å². The van der Waals surface area contributed by atoms with Crippen molar-refractivity contribution < 1.29 is 19.1 Å². The fraction of sp³-hybridized carbons (Fsp3) is 0.324. The van der Waals surface area contributed by atoms with Crippen LogP contribution in [0.4, 0.5) is 10.5 Å². The molecular weight excluding hydrogens is 550 g/mol. The van der Waals surface area contributed by atoms with E-state index in [0.29, 0.717) is 5.69 Å². The first-order valence-electron chi connectivity index (χ1n) is 15.2. The Bertz CT molecular complexity index is 1660. The van der Waals surface area contributed by atoms with E-state index >= 15 is 0 Å². The summed E-state index contributed by atoms with van der Waals surface area (Å²) in [6, 6.07) is 27.2. The maximum atomic E-state index is 14.6. The molecule has 4 aromatic rings. The van der Waals surface area contributed by atoms with Crippen LogP contribution in [0.1, 0.15) is 61.9 Å². The first-order chi connectivity index (χ1) is 21.0. The molecule has 1 fully saturated rings. The van der Waals surface area contributed by atoms with Gasteiger partial charge in [-0.2, -0.15) is 0 Å². The van der Waals surface area contributed by atoms with Gasteiger partial charge in [0, 0.05) is 18.2 Å². The van der Waals surface area contributed by atoms with Crippen molar-refractivity contribution in [2.24, 2.45) is 0 Å². The van der Waals surface area contributed by atoms with Crippen LogP contribution in [0, 0.1) is 13.8 Å². The van der Waals surface area contributed by atoms with Crippen LogP contribution in [0.15, 0.2) is 91.0 Å². The zero-order valence-corrected chi connectivity index (χ0v) is 26.1. The highest BCUT2D eigenvalue weighted by Crippen LogP contribution is 2.38. The molecule has 2 atom stereocenters. The van der Waals surface area contributed by atoms with Crippen molar-refractivity contribution in [3.8, 4) is 0 Å². The summed E-state index contributed by atoms with van der Waals surface area (Å²) in [5, 5.41) is 8.04. The Morgan fingerprint density at radius 3 is 2.23 bits per heavy atom. The van der Waals surface area contributed by atoms with Gasteiger partial charge in [0.25, 0.3) is 5.91 Å². The lowest BCUT2D eigenvalue weighted by Crippen LogP contribution is -2.54. The maximum Gasteiger partial charge on any atom is 0.408 e. The average Bonchev–Trinajstić information content (AvgIpc) is 3.82. The summed E-state index contributed by atoms with van der Waals surface area (Å²) in [6.45, 7) is 9.33. The summed E-state index contributed by atoms with van der Waals surface area (Å²) < 4.78 is 5.55. The van der Waals surface area contributed by atoms with Gasteiger partial charge in [-0.15, -0.1) is 0 Å². The van der Waals surface area contributed by atoms with Gasteiger partial charge < -0.3 is 20.3 Å². The largest absolute Gasteiger partial charge is 0.444 e. The van der Waals surface area contributed by atoms with E-state index in [1.165, 1.54) is 0 Å². The van der Waals surface area contributed by atoms with Gasteiger partial charge in [-0.3, -0.25) is 9.59 Å². The van der Waals surface area contributed by atoms with Gasteiger partial charge in [0.05, 0.1) is 0 Å². The highest BCUT2D eigenvalue weighted by molar-refractivity contribution is 6.01. The van der Waals surface area contributed by atoms with Crippen LogP contribution in [0.3, 0.4) is 0 Å². The van der Waals surface area contributed by atoms with E-state index in [-0.39, 0.29) is 24.3 Å². The number of amides is 3. The lowest BCUT2D eigenvalue weighted by Gasteiger charge is -2.35. The molecular formula is C37H41N3O4. The van der Waals surface area contributed by atoms with Crippen molar-refractivity contribution >= 4 is 34.4 Å². The molecule has 0 heterocycles. The number of carbonyl (C=O) groups excluding carboxylic acids is 3. The van der Waals surface area contributed by atoms with Crippen LogP contribution in [-0.2, 0) is 20.7 Å². The summed E-state index contributed by atoms with van der Waals surface area (Å²) in [5.74, 6) is -0.619. The Balaban J connectivity index is 1.53. The lowest BCUT2D eigenvalue weighted by molar-refractivity contribution is -0.141. The van der Waals surface area contributed by atoms with E-state index in [2.05, 4.69) is 10.6 Å². The molecule has 0 bridgehead atoms. The molecule has 2 N–H and O–H groups in total. The number of hydrogen-bond donors (Lipinski definition) is 2. The number of ether oxygens (including phenoxy) is 1. The van der Waals surface area contributed by atoms with Gasteiger partial charge in [-0.05, 0) is 92.6 Å². The highest BCUT2D eigenvalue weighted by Gasteiger charge is 2.44. The summed E-state index contributed by atoms with van der Waals surface area (Å²) in [4.78, 5) is 43.7. The van der Waals surface area contributed by atoms with Gasteiger partial charge in [0.1, 0.15) is 17.7 Å². The zero-order chi connectivity index (χ0) is 31.4. The van der Waals surface area contributed by atoms with Gasteiger partial charge in [-0.25, -0.2) is 4.79 Å². The quantitative estimate of drug-likeness (QED) is 0.214. The number of anilines is 1. The molecule has 7 heteroatoms. The van der Waals surface area contributed by atoms with Crippen LogP contribution in [0.25, 0.3) is 10.8 Å². The number of benzene rings is 4. The Kier molecular flexibility index (Phi) is 9.04. The predicted octanol–water partition coefficient (Wildman–Crippen LogP) is 7.26. The van der Waals surface area contributed by atoms with Crippen LogP contribution in [0.5, 0.6) is 0 Å². The Labute approximate surface area is 259 Å². The third kappa shape index (κ3) is 7.46. The molecule has 0 aliphatic heterocycles. The molecule has 1 aliphatic rings. The molecule has 0 radical (unpaired) electrons. The molecule has 5 rings (SSSR count). The standard InChI is InChI=1S/C37H41N3O4/c1-24-12-11-17-31(25(24)2)33(34(41)38-29-19-18-27-15-9-10-16-28(27)23-29)40(30-20-21-30)35(42)32(22-26-13-7-6-8-14-26)39-36(43)44-37(3,4)5/h6-19,23,30,32-33H,20-22H2,1-5H3,(H,38,41)(H,39,43). The minimum absolute atomic E-state index is 0.131. The van der Waals surface area contributed by atoms with Crippen LogP contribution in [0.2, 0.25) is 0 Å².